The predicted molar refractivity (Wildman–Crippen MR) is 43.2 cm³/mol. The van der Waals surface area contributed by atoms with Crippen LogP contribution in [0, 0.1) is 11.3 Å². The number of nitrogens with zero attached hydrogens (tertiary/aromatic N) is 3. The van der Waals surface area contributed by atoms with E-state index in [1.54, 1.807) is 6.07 Å². The van der Waals surface area contributed by atoms with Gasteiger partial charge in [0.05, 0.1) is 12.4 Å². The van der Waals surface area contributed by atoms with Gasteiger partial charge in [-0.25, -0.2) is 9.97 Å². The smallest absolute Gasteiger partial charge is 0.456 e. The Hall–Kier alpha value is -1.98. The molecule has 0 bridgehead atoms. The molecule has 0 atom stereocenters. The average molecular weight is 253 g/mol. The molecule has 0 aromatic carbocycles. The largest absolute Gasteiger partial charge is 0.470 e. The van der Waals surface area contributed by atoms with Crippen LogP contribution in [-0.4, -0.2) is 28.7 Å². The number of alkyl halides is 5. The molecule has 0 aliphatic heterocycles. The van der Waals surface area contributed by atoms with Crippen LogP contribution >= 0.6 is 0 Å². The van der Waals surface area contributed by atoms with E-state index >= 15 is 0 Å². The SMILES string of the molecule is N#Cc1cnc(OCC(F)(F)C(F)(F)F)cn1. The first-order valence-corrected chi connectivity index (χ1v) is 4.06. The molecule has 0 unspecified atom stereocenters. The maximum atomic E-state index is 12.4. The van der Waals surface area contributed by atoms with Gasteiger partial charge < -0.3 is 4.74 Å². The van der Waals surface area contributed by atoms with Crippen LogP contribution in [0.15, 0.2) is 12.4 Å². The zero-order chi connectivity index (χ0) is 13.1. The van der Waals surface area contributed by atoms with Gasteiger partial charge in [0.2, 0.25) is 5.88 Å². The number of halogens is 5. The molecule has 0 aliphatic rings. The van der Waals surface area contributed by atoms with Gasteiger partial charge in [0, 0.05) is 0 Å². The van der Waals surface area contributed by atoms with E-state index in [0.717, 1.165) is 12.4 Å². The molecule has 0 amide bonds. The Balaban J connectivity index is 2.65. The lowest BCUT2D eigenvalue weighted by Crippen LogP contribution is -2.41. The Bertz CT molecular complexity index is 422. The normalized spacial score (nSPS) is 12.0. The van der Waals surface area contributed by atoms with Gasteiger partial charge in [-0.15, -0.1) is 0 Å². The number of aromatic nitrogens is 2. The van der Waals surface area contributed by atoms with Crippen molar-refractivity contribution in [3.05, 3.63) is 18.1 Å². The Kier molecular flexibility index (Phi) is 3.45. The van der Waals surface area contributed by atoms with Gasteiger partial charge in [-0.3, -0.25) is 0 Å². The number of hydrogen-bond acceptors (Lipinski definition) is 4. The summed E-state index contributed by atoms with van der Waals surface area (Å²) < 4.78 is 64.2. The lowest BCUT2D eigenvalue weighted by atomic mass is 10.3. The number of ether oxygens (including phenoxy) is 1. The van der Waals surface area contributed by atoms with Crippen LogP contribution in [0.5, 0.6) is 5.88 Å². The molecule has 0 N–H and O–H groups in total. The van der Waals surface area contributed by atoms with Crippen molar-refractivity contribution >= 4 is 0 Å². The molecule has 0 radical (unpaired) electrons. The third-order valence-corrected chi connectivity index (χ3v) is 1.56. The van der Waals surface area contributed by atoms with Crippen molar-refractivity contribution in [2.75, 3.05) is 6.61 Å². The molecule has 1 aromatic heterocycles. The van der Waals surface area contributed by atoms with Crippen molar-refractivity contribution in [1.82, 2.24) is 9.97 Å². The summed E-state index contributed by atoms with van der Waals surface area (Å²) in [6.07, 6.45) is -4.01. The van der Waals surface area contributed by atoms with Crippen LogP contribution in [-0.2, 0) is 0 Å². The number of rotatable bonds is 3. The van der Waals surface area contributed by atoms with E-state index < -0.39 is 24.6 Å². The third-order valence-electron chi connectivity index (χ3n) is 1.56. The molecular weight excluding hydrogens is 249 g/mol. The summed E-state index contributed by atoms with van der Waals surface area (Å²) in [5.74, 6) is -5.49. The molecular formula is C8H4F5N3O. The highest BCUT2D eigenvalue weighted by Gasteiger charge is 2.58. The Morgan fingerprint density at radius 1 is 1.18 bits per heavy atom. The highest BCUT2D eigenvalue weighted by molar-refractivity contribution is 5.18. The minimum atomic E-state index is -5.69. The molecule has 1 heterocycles. The van der Waals surface area contributed by atoms with E-state index in [2.05, 4.69) is 14.7 Å². The summed E-state index contributed by atoms with van der Waals surface area (Å²) in [6, 6.07) is 1.59. The Morgan fingerprint density at radius 3 is 2.24 bits per heavy atom. The summed E-state index contributed by atoms with van der Waals surface area (Å²) >= 11 is 0. The standard InChI is InChI=1S/C8H4F5N3O/c9-7(10,8(11,12)13)4-17-6-3-15-5(1-14)2-16-6/h2-3H,4H2. The molecule has 4 nitrogen and oxygen atoms in total. The fraction of sp³-hybridized carbons (Fsp3) is 0.375. The minimum Gasteiger partial charge on any atom is -0.470 e. The molecule has 0 saturated carbocycles. The van der Waals surface area contributed by atoms with E-state index in [1.807, 2.05) is 0 Å². The van der Waals surface area contributed by atoms with E-state index in [9.17, 15) is 22.0 Å². The first-order valence-electron chi connectivity index (χ1n) is 4.06. The van der Waals surface area contributed by atoms with Crippen molar-refractivity contribution in [2.45, 2.75) is 12.1 Å². The van der Waals surface area contributed by atoms with Crippen molar-refractivity contribution in [3.63, 3.8) is 0 Å². The summed E-state index contributed by atoms with van der Waals surface area (Å²) in [4.78, 5) is 6.71. The first kappa shape index (κ1) is 13.1. The fourth-order valence-electron chi connectivity index (χ4n) is 0.695. The lowest BCUT2D eigenvalue weighted by Gasteiger charge is -2.19. The molecule has 0 saturated heterocycles. The maximum absolute atomic E-state index is 12.4. The van der Waals surface area contributed by atoms with E-state index in [1.165, 1.54) is 0 Å². The number of nitriles is 1. The van der Waals surface area contributed by atoms with Crippen LogP contribution < -0.4 is 4.74 Å². The van der Waals surface area contributed by atoms with Crippen LogP contribution in [0.25, 0.3) is 0 Å². The van der Waals surface area contributed by atoms with Gasteiger partial charge in [-0.2, -0.15) is 27.2 Å². The van der Waals surface area contributed by atoms with Gasteiger partial charge in [0.25, 0.3) is 0 Å². The maximum Gasteiger partial charge on any atom is 0.456 e. The van der Waals surface area contributed by atoms with Crippen molar-refractivity contribution in [1.29, 1.82) is 5.26 Å². The molecule has 92 valence electrons. The summed E-state index contributed by atoms with van der Waals surface area (Å²) in [6.45, 7) is -1.89. The Morgan fingerprint density at radius 2 is 1.82 bits per heavy atom. The number of hydrogen-bond donors (Lipinski definition) is 0. The van der Waals surface area contributed by atoms with Crippen molar-refractivity contribution in [3.8, 4) is 11.9 Å². The van der Waals surface area contributed by atoms with E-state index in [4.69, 9.17) is 5.26 Å². The fourth-order valence-corrected chi connectivity index (χ4v) is 0.695. The second-order valence-electron chi connectivity index (χ2n) is 2.84. The summed E-state index contributed by atoms with van der Waals surface area (Å²) in [7, 11) is 0. The molecule has 0 spiro atoms. The first-order chi connectivity index (χ1) is 7.76. The molecule has 1 rings (SSSR count). The average Bonchev–Trinajstić information content (AvgIpc) is 2.25. The minimum absolute atomic E-state index is 0.111. The molecule has 9 heteroatoms. The van der Waals surface area contributed by atoms with Gasteiger partial charge in [0.1, 0.15) is 6.07 Å². The van der Waals surface area contributed by atoms with Gasteiger partial charge in [-0.1, -0.05) is 0 Å². The third kappa shape index (κ3) is 3.24. The van der Waals surface area contributed by atoms with Crippen LogP contribution in [0.1, 0.15) is 5.69 Å². The quantitative estimate of drug-likeness (QED) is 0.772. The van der Waals surface area contributed by atoms with Crippen LogP contribution in [0.4, 0.5) is 22.0 Å². The molecule has 1 aromatic rings. The zero-order valence-corrected chi connectivity index (χ0v) is 8.00. The highest BCUT2D eigenvalue weighted by Crippen LogP contribution is 2.35. The molecule has 0 fully saturated rings. The zero-order valence-electron chi connectivity index (χ0n) is 8.00. The van der Waals surface area contributed by atoms with Crippen molar-refractivity contribution in [2.24, 2.45) is 0 Å². The lowest BCUT2D eigenvalue weighted by molar-refractivity contribution is -0.290. The monoisotopic (exact) mass is 253 g/mol. The topological polar surface area (TPSA) is 58.8 Å². The molecule has 0 aliphatic carbocycles. The van der Waals surface area contributed by atoms with Crippen LogP contribution in [0.2, 0.25) is 0 Å². The van der Waals surface area contributed by atoms with E-state index in [-0.39, 0.29) is 5.69 Å². The van der Waals surface area contributed by atoms with Crippen molar-refractivity contribution < 1.29 is 26.7 Å². The van der Waals surface area contributed by atoms with Gasteiger partial charge in [0.15, 0.2) is 12.3 Å². The second kappa shape index (κ2) is 4.48. The molecule has 17 heavy (non-hydrogen) atoms. The van der Waals surface area contributed by atoms with E-state index in [0.29, 0.717) is 0 Å². The highest BCUT2D eigenvalue weighted by atomic mass is 19.4. The van der Waals surface area contributed by atoms with Gasteiger partial charge in [-0.05, 0) is 0 Å². The summed E-state index contributed by atoms with van der Waals surface area (Å²) in [5.41, 5.74) is -0.111. The van der Waals surface area contributed by atoms with Gasteiger partial charge >= 0.3 is 12.1 Å². The Labute approximate surface area is 91.7 Å². The predicted octanol–water partition coefficient (Wildman–Crippen LogP) is 1.92. The summed E-state index contributed by atoms with van der Waals surface area (Å²) in [5, 5.41) is 8.33. The second-order valence-corrected chi connectivity index (χ2v) is 2.84. The van der Waals surface area contributed by atoms with Crippen LogP contribution in [0.3, 0.4) is 0 Å².